The average Bonchev–Trinajstić information content (AvgIpc) is 2.60. The minimum Gasteiger partial charge on any atom is -0.465 e. The highest BCUT2D eigenvalue weighted by Crippen LogP contribution is 2.38. The fourth-order valence-electron chi connectivity index (χ4n) is 2.10. The molecule has 4 atom stereocenters. The van der Waals surface area contributed by atoms with E-state index in [2.05, 4.69) is 11.4 Å². The van der Waals surface area contributed by atoms with Gasteiger partial charge in [0.1, 0.15) is 0 Å². The van der Waals surface area contributed by atoms with Crippen LogP contribution in [-0.4, -0.2) is 29.4 Å². The van der Waals surface area contributed by atoms with E-state index in [9.17, 15) is 4.79 Å². The van der Waals surface area contributed by atoms with Crippen molar-refractivity contribution in [2.24, 2.45) is 5.92 Å². The third-order valence-electron chi connectivity index (χ3n) is 2.69. The summed E-state index contributed by atoms with van der Waals surface area (Å²) in [5.41, 5.74) is 0. The molecule has 0 spiro atoms. The van der Waals surface area contributed by atoms with Gasteiger partial charge in [0.05, 0.1) is 30.2 Å². The zero-order valence-electron chi connectivity index (χ0n) is 6.93. The maximum atomic E-state index is 10.4. The van der Waals surface area contributed by atoms with Gasteiger partial charge in [0.2, 0.25) is 0 Å². The molecule has 0 aromatic heterocycles. The first-order chi connectivity index (χ1) is 6.20. The van der Waals surface area contributed by atoms with E-state index in [0.29, 0.717) is 12.8 Å². The van der Waals surface area contributed by atoms with Crippen molar-refractivity contribution in [3.8, 4) is 6.07 Å². The third kappa shape index (κ3) is 1.33. The van der Waals surface area contributed by atoms with Crippen molar-refractivity contribution < 1.29 is 14.6 Å². The quantitative estimate of drug-likeness (QED) is 0.612. The number of hydrogen-bond acceptors (Lipinski definition) is 3. The molecule has 2 aliphatic rings. The van der Waals surface area contributed by atoms with Crippen LogP contribution in [0.1, 0.15) is 12.8 Å². The van der Waals surface area contributed by atoms with Gasteiger partial charge in [-0.15, -0.1) is 0 Å². The number of nitriles is 1. The van der Waals surface area contributed by atoms with Gasteiger partial charge in [-0.25, -0.2) is 4.79 Å². The average molecular weight is 182 g/mol. The molecule has 2 N–H and O–H groups in total. The minimum atomic E-state index is -1.02. The molecule has 1 unspecified atom stereocenters. The fraction of sp³-hybridized carbons (Fsp3) is 0.750. The van der Waals surface area contributed by atoms with E-state index in [-0.39, 0.29) is 24.2 Å². The summed E-state index contributed by atoms with van der Waals surface area (Å²) in [6.07, 6.45) is 0.119. The summed E-state index contributed by atoms with van der Waals surface area (Å²) in [5, 5.41) is 19.6. The Hall–Kier alpha value is -1.28. The van der Waals surface area contributed by atoms with E-state index >= 15 is 0 Å². The summed E-state index contributed by atoms with van der Waals surface area (Å²) in [6, 6.07) is 2.05. The zero-order chi connectivity index (χ0) is 9.42. The maximum Gasteiger partial charge on any atom is 0.404 e. The zero-order valence-corrected chi connectivity index (χ0v) is 6.93. The molecule has 13 heavy (non-hydrogen) atoms. The number of nitrogens with zero attached hydrogens (tertiary/aromatic N) is 1. The van der Waals surface area contributed by atoms with E-state index in [0.717, 1.165) is 0 Å². The smallest absolute Gasteiger partial charge is 0.404 e. The molecular weight excluding hydrogens is 172 g/mol. The van der Waals surface area contributed by atoms with Crippen molar-refractivity contribution in [1.82, 2.24) is 5.32 Å². The van der Waals surface area contributed by atoms with Gasteiger partial charge in [-0.1, -0.05) is 0 Å². The second-order valence-corrected chi connectivity index (χ2v) is 3.48. The van der Waals surface area contributed by atoms with Crippen LogP contribution in [0.3, 0.4) is 0 Å². The number of nitrogens with one attached hydrogen (secondary N) is 1. The summed E-state index contributed by atoms with van der Waals surface area (Å²) >= 11 is 0. The molecule has 70 valence electrons. The van der Waals surface area contributed by atoms with Crippen LogP contribution in [0.4, 0.5) is 4.79 Å². The van der Waals surface area contributed by atoms with Crippen molar-refractivity contribution >= 4 is 6.09 Å². The Morgan fingerprint density at radius 2 is 2.31 bits per heavy atom. The first kappa shape index (κ1) is 8.32. The lowest BCUT2D eigenvalue weighted by Crippen LogP contribution is -2.41. The fourth-order valence-corrected chi connectivity index (χ4v) is 2.10. The Kier molecular flexibility index (Phi) is 1.85. The predicted octanol–water partition coefficient (Wildman–Crippen LogP) is 0.324. The van der Waals surface area contributed by atoms with Gasteiger partial charge in [-0.2, -0.15) is 5.26 Å². The molecule has 0 aromatic carbocycles. The van der Waals surface area contributed by atoms with Crippen LogP contribution >= 0.6 is 0 Å². The topological polar surface area (TPSA) is 82.3 Å². The van der Waals surface area contributed by atoms with Crippen molar-refractivity contribution in [2.45, 2.75) is 31.1 Å². The van der Waals surface area contributed by atoms with Gasteiger partial charge >= 0.3 is 6.09 Å². The highest BCUT2D eigenvalue weighted by molar-refractivity contribution is 5.65. The maximum absolute atomic E-state index is 10.4. The molecule has 0 radical (unpaired) electrons. The number of carbonyl (C=O) groups is 1. The summed E-state index contributed by atoms with van der Waals surface area (Å²) < 4.78 is 5.44. The molecule has 0 aromatic rings. The minimum absolute atomic E-state index is 0.0446. The van der Waals surface area contributed by atoms with Crippen molar-refractivity contribution in [1.29, 1.82) is 5.26 Å². The van der Waals surface area contributed by atoms with E-state index < -0.39 is 6.09 Å². The number of rotatable bonds is 1. The van der Waals surface area contributed by atoms with E-state index in [4.69, 9.17) is 15.1 Å². The second kappa shape index (κ2) is 2.89. The molecule has 1 amide bonds. The number of fused-ring (bicyclic) bond motifs is 2. The summed E-state index contributed by atoms with van der Waals surface area (Å²) in [7, 11) is 0. The molecule has 2 saturated heterocycles. The van der Waals surface area contributed by atoms with E-state index in [1.165, 1.54) is 0 Å². The Labute approximate surface area is 75.3 Å². The highest BCUT2D eigenvalue weighted by atomic mass is 16.5. The lowest BCUT2D eigenvalue weighted by Gasteiger charge is -2.20. The number of ether oxygens (including phenoxy) is 1. The Balaban J connectivity index is 1.96. The van der Waals surface area contributed by atoms with Gasteiger partial charge < -0.3 is 15.2 Å². The summed E-state index contributed by atoms with van der Waals surface area (Å²) in [4.78, 5) is 10.4. The van der Waals surface area contributed by atoms with Crippen LogP contribution in [0.5, 0.6) is 0 Å². The van der Waals surface area contributed by atoms with E-state index in [1.54, 1.807) is 0 Å². The highest BCUT2D eigenvalue weighted by Gasteiger charge is 2.47. The normalized spacial score (nSPS) is 41.5. The van der Waals surface area contributed by atoms with Gasteiger partial charge in [-0.05, 0) is 12.8 Å². The molecule has 5 heteroatoms. The first-order valence-electron chi connectivity index (χ1n) is 4.25. The molecule has 0 aliphatic carbocycles. The SMILES string of the molecule is N#CC1C[C@H]2O[C@@H]1C[C@@H]2NC(=O)O. The lowest BCUT2D eigenvalue weighted by molar-refractivity contribution is 0.0919. The Morgan fingerprint density at radius 3 is 2.77 bits per heavy atom. The molecular formula is C8H10N2O3. The summed E-state index contributed by atoms with van der Waals surface area (Å²) in [6.45, 7) is 0. The molecule has 2 heterocycles. The number of carboxylic acid groups (broad SMARTS) is 1. The van der Waals surface area contributed by atoms with E-state index in [1.807, 2.05) is 0 Å². The second-order valence-electron chi connectivity index (χ2n) is 3.48. The van der Waals surface area contributed by atoms with Gasteiger partial charge in [-0.3, -0.25) is 0 Å². The van der Waals surface area contributed by atoms with Crippen LogP contribution < -0.4 is 5.32 Å². The van der Waals surface area contributed by atoms with Crippen LogP contribution in [0, 0.1) is 17.2 Å². The predicted molar refractivity (Wildman–Crippen MR) is 41.9 cm³/mol. The van der Waals surface area contributed by atoms with Crippen LogP contribution in [-0.2, 0) is 4.74 Å². The molecule has 2 aliphatic heterocycles. The van der Waals surface area contributed by atoms with Crippen molar-refractivity contribution in [3.05, 3.63) is 0 Å². The third-order valence-corrected chi connectivity index (χ3v) is 2.69. The largest absolute Gasteiger partial charge is 0.465 e. The Bertz CT molecular complexity index is 273. The molecule has 5 nitrogen and oxygen atoms in total. The van der Waals surface area contributed by atoms with Gasteiger partial charge in [0.15, 0.2) is 0 Å². The molecule has 2 fully saturated rings. The van der Waals surface area contributed by atoms with Gasteiger partial charge in [0, 0.05) is 0 Å². The van der Waals surface area contributed by atoms with Gasteiger partial charge in [0.25, 0.3) is 0 Å². The van der Waals surface area contributed by atoms with Crippen LogP contribution in [0.2, 0.25) is 0 Å². The number of hydrogen-bond donors (Lipinski definition) is 2. The van der Waals surface area contributed by atoms with Crippen LogP contribution in [0.15, 0.2) is 0 Å². The lowest BCUT2D eigenvalue weighted by atomic mass is 9.87. The summed E-state index contributed by atoms with van der Waals surface area (Å²) in [5.74, 6) is -0.0446. The first-order valence-corrected chi connectivity index (χ1v) is 4.25. The number of amides is 1. The van der Waals surface area contributed by atoms with Crippen molar-refractivity contribution in [2.75, 3.05) is 0 Å². The molecule has 2 bridgehead atoms. The monoisotopic (exact) mass is 182 g/mol. The molecule has 0 saturated carbocycles. The van der Waals surface area contributed by atoms with Crippen LogP contribution in [0.25, 0.3) is 0 Å². The standard InChI is InChI=1S/C8H10N2O3/c9-3-4-1-7-5(10-8(11)12)2-6(4)13-7/h4-7,10H,1-2H2,(H,11,12)/t4?,5-,6+,7+/m0/s1. The molecule has 2 rings (SSSR count). The van der Waals surface area contributed by atoms with Crippen molar-refractivity contribution in [3.63, 3.8) is 0 Å². The Morgan fingerprint density at radius 1 is 1.54 bits per heavy atom.